The zero-order chi connectivity index (χ0) is 19.9. The number of nitrogens with one attached hydrogen (secondary N) is 1. The number of rotatable bonds is 8. The van der Waals surface area contributed by atoms with Gasteiger partial charge in [-0.1, -0.05) is 55.1 Å². The number of nitrogens with zero attached hydrogens (tertiary/aromatic N) is 3. The molecule has 0 aliphatic rings. The Hall–Kier alpha value is -2.12. The molecule has 28 heavy (non-hydrogen) atoms. The molecule has 0 aliphatic carbocycles. The maximum Gasteiger partial charge on any atom is 0.234 e. The molecule has 1 N–H and O–H groups in total. The fraction of sp³-hybridized carbons (Fsp3) is 0.286. The molecular weight excluding hydrogens is 436 g/mol. The van der Waals surface area contributed by atoms with E-state index in [1.165, 1.54) is 17.3 Å². The second kappa shape index (κ2) is 9.89. The minimum atomic E-state index is -0.0646. The maximum atomic E-state index is 12.4. The standard InChI is InChI=1S/C21H23BrN4OS/c1-3-11-26-19(13-16-7-5-4-6-8-16)24-25-21(26)28-14-20(27)23-18-10-9-15(2)12-17(18)22/h4-10,12H,3,11,13-14H2,1-2H3,(H,23,27). The predicted molar refractivity (Wildman–Crippen MR) is 118 cm³/mol. The minimum absolute atomic E-state index is 0.0646. The first-order valence-corrected chi connectivity index (χ1v) is 11.0. The predicted octanol–water partition coefficient (Wildman–Crippen LogP) is 5.08. The minimum Gasteiger partial charge on any atom is -0.324 e. The summed E-state index contributed by atoms with van der Waals surface area (Å²) >= 11 is 4.91. The Balaban J connectivity index is 1.65. The van der Waals surface area contributed by atoms with Crippen molar-refractivity contribution in [1.82, 2.24) is 14.8 Å². The van der Waals surface area contributed by atoms with Crippen LogP contribution >= 0.6 is 27.7 Å². The lowest BCUT2D eigenvalue weighted by atomic mass is 10.1. The van der Waals surface area contributed by atoms with E-state index in [4.69, 9.17) is 0 Å². The van der Waals surface area contributed by atoms with Crippen LogP contribution in [0.3, 0.4) is 0 Å². The third-order valence-corrected chi connectivity index (χ3v) is 5.80. The number of carbonyl (C=O) groups excluding carboxylic acids is 1. The van der Waals surface area contributed by atoms with Crippen molar-refractivity contribution in [3.05, 3.63) is 70.0 Å². The van der Waals surface area contributed by atoms with Crippen LogP contribution in [-0.4, -0.2) is 26.4 Å². The zero-order valence-electron chi connectivity index (χ0n) is 16.0. The van der Waals surface area contributed by atoms with Gasteiger partial charge in [0.05, 0.1) is 11.4 Å². The molecule has 7 heteroatoms. The van der Waals surface area contributed by atoms with Crippen molar-refractivity contribution in [2.24, 2.45) is 0 Å². The molecule has 1 amide bonds. The number of benzene rings is 2. The van der Waals surface area contributed by atoms with Crippen LogP contribution in [0.25, 0.3) is 0 Å². The van der Waals surface area contributed by atoms with Crippen LogP contribution in [0.15, 0.2) is 58.2 Å². The van der Waals surface area contributed by atoms with Crippen molar-refractivity contribution in [2.75, 3.05) is 11.1 Å². The molecule has 0 bridgehead atoms. The molecule has 1 aromatic heterocycles. The second-order valence-corrected chi connectivity index (χ2v) is 8.33. The van der Waals surface area contributed by atoms with Gasteiger partial charge < -0.3 is 9.88 Å². The van der Waals surface area contributed by atoms with E-state index in [9.17, 15) is 4.79 Å². The lowest BCUT2D eigenvalue weighted by Gasteiger charge is -2.10. The normalized spacial score (nSPS) is 10.8. The van der Waals surface area contributed by atoms with Gasteiger partial charge in [0, 0.05) is 17.4 Å². The molecule has 5 nitrogen and oxygen atoms in total. The Bertz CT molecular complexity index is 943. The van der Waals surface area contributed by atoms with Crippen LogP contribution in [0.2, 0.25) is 0 Å². The van der Waals surface area contributed by atoms with Gasteiger partial charge in [0.2, 0.25) is 5.91 Å². The van der Waals surface area contributed by atoms with E-state index in [1.54, 1.807) is 0 Å². The Labute approximate surface area is 178 Å². The van der Waals surface area contributed by atoms with E-state index in [2.05, 4.69) is 55.1 Å². The molecule has 0 fully saturated rings. The Morgan fingerprint density at radius 2 is 1.96 bits per heavy atom. The van der Waals surface area contributed by atoms with E-state index in [-0.39, 0.29) is 11.7 Å². The van der Waals surface area contributed by atoms with Gasteiger partial charge in [0.1, 0.15) is 5.82 Å². The van der Waals surface area contributed by atoms with Crippen LogP contribution in [0.1, 0.15) is 30.3 Å². The molecule has 0 saturated carbocycles. The van der Waals surface area contributed by atoms with Crippen LogP contribution in [0, 0.1) is 6.92 Å². The summed E-state index contributed by atoms with van der Waals surface area (Å²) < 4.78 is 3.00. The third kappa shape index (κ3) is 5.45. The van der Waals surface area contributed by atoms with Gasteiger partial charge >= 0.3 is 0 Å². The Kier molecular flexibility index (Phi) is 7.28. The lowest BCUT2D eigenvalue weighted by Crippen LogP contribution is -2.15. The van der Waals surface area contributed by atoms with E-state index in [0.29, 0.717) is 0 Å². The van der Waals surface area contributed by atoms with Crippen molar-refractivity contribution >= 4 is 39.3 Å². The summed E-state index contributed by atoms with van der Waals surface area (Å²) in [5.41, 5.74) is 3.11. The number of thioether (sulfide) groups is 1. The number of amides is 1. The first-order chi connectivity index (χ1) is 13.6. The smallest absolute Gasteiger partial charge is 0.234 e. The van der Waals surface area contributed by atoms with Gasteiger partial charge in [-0.05, 0) is 52.5 Å². The average molecular weight is 459 g/mol. The van der Waals surface area contributed by atoms with Gasteiger partial charge in [0.25, 0.3) is 0 Å². The number of hydrogen-bond donors (Lipinski definition) is 1. The quantitative estimate of drug-likeness (QED) is 0.478. The van der Waals surface area contributed by atoms with E-state index < -0.39 is 0 Å². The average Bonchev–Trinajstić information content (AvgIpc) is 3.05. The molecule has 0 spiro atoms. The second-order valence-electron chi connectivity index (χ2n) is 6.53. The summed E-state index contributed by atoms with van der Waals surface area (Å²) in [6.07, 6.45) is 1.72. The van der Waals surface area contributed by atoms with Crippen LogP contribution in [0.4, 0.5) is 5.69 Å². The molecule has 0 radical (unpaired) electrons. The van der Waals surface area contributed by atoms with Gasteiger partial charge in [0.15, 0.2) is 5.16 Å². The van der Waals surface area contributed by atoms with Crippen LogP contribution in [0.5, 0.6) is 0 Å². The highest BCUT2D eigenvalue weighted by Crippen LogP contribution is 2.24. The SMILES string of the molecule is CCCn1c(Cc2ccccc2)nnc1SCC(=O)Nc1ccc(C)cc1Br. The summed E-state index contributed by atoms with van der Waals surface area (Å²) in [5.74, 6) is 1.15. The number of hydrogen-bond acceptors (Lipinski definition) is 4. The fourth-order valence-corrected chi connectivity index (χ4v) is 4.20. The first-order valence-electron chi connectivity index (χ1n) is 9.21. The topological polar surface area (TPSA) is 59.8 Å². The number of aryl methyl sites for hydroxylation is 1. The number of anilines is 1. The molecule has 3 rings (SSSR count). The van der Waals surface area contributed by atoms with Crippen LogP contribution in [-0.2, 0) is 17.8 Å². The van der Waals surface area contributed by atoms with Crippen molar-refractivity contribution in [3.63, 3.8) is 0 Å². The van der Waals surface area contributed by atoms with Crippen molar-refractivity contribution in [2.45, 2.75) is 38.4 Å². The van der Waals surface area contributed by atoms with Crippen LogP contribution < -0.4 is 5.32 Å². The highest BCUT2D eigenvalue weighted by atomic mass is 79.9. The van der Waals surface area contributed by atoms with Crippen molar-refractivity contribution < 1.29 is 4.79 Å². The molecular formula is C21H23BrN4OS. The highest BCUT2D eigenvalue weighted by molar-refractivity contribution is 9.10. The summed E-state index contributed by atoms with van der Waals surface area (Å²) in [6, 6.07) is 16.1. The molecule has 0 saturated heterocycles. The summed E-state index contributed by atoms with van der Waals surface area (Å²) in [4.78, 5) is 12.4. The molecule has 2 aromatic carbocycles. The number of carbonyl (C=O) groups is 1. The summed E-state index contributed by atoms with van der Waals surface area (Å²) in [5, 5.41) is 12.4. The molecule has 146 valence electrons. The maximum absolute atomic E-state index is 12.4. The molecule has 0 aliphatic heterocycles. The first kappa shape index (κ1) is 20.6. The molecule has 1 heterocycles. The lowest BCUT2D eigenvalue weighted by molar-refractivity contribution is -0.113. The molecule has 3 aromatic rings. The van der Waals surface area contributed by atoms with Gasteiger partial charge in [-0.2, -0.15) is 0 Å². The van der Waals surface area contributed by atoms with E-state index >= 15 is 0 Å². The zero-order valence-corrected chi connectivity index (χ0v) is 18.4. The highest BCUT2D eigenvalue weighted by Gasteiger charge is 2.14. The third-order valence-electron chi connectivity index (χ3n) is 4.18. The Morgan fingerprint density at radius 1 is 1.18 bits per heavy atom. The molecule has 0 unspecified atom stereocenters. The Morgan fingerprint density at radius 3 is 2.68 bits per heavy atom. The molecule has 0 atom stereocenters. The van der Waals surface area contributed by atoms with Gasteiger partial charge in [-0.3, -0.25) is 4.79 Å². The number of aromatic nitrogens is 3. The van der Waals surface area contributed by atoms with E-state index in [0.717, 1.165) is 46.1 Å². The van der Waals surface area contributed by atoms with Crippen molar-refractivity contribution in [3.8, 4) is 0 Å². The van der Waals surface area contributed by atoms with Gasteiger partial charge in [-0.25, -0.2) is 0 Å². The monoisotopic (exact) mass is 458 g/mol. The largest absolute Gasteiger partial charge is 0.324 e. The number of halogens is 1. The van der Waals surface area contributed by atoms with E-state index in [1.807, 2.05) is 43.3 Å². The summed E-state index contributed by atoms with van der Waals surface area (Å²) in [6.45, 7) is 4.98. The van der Waals surface area contributed by atoms with Crippen molar-refractivity contribution in [1.29, 1.82) is 0 Å². The fourth-order valence-electron chi connectivity index (χ4n) is 2.82. The summed E-state index contributed by atoms with van der Waals surface area (Å²) in [7, 11) is 0. The van der Waals surface area contributed by atoms with Gasteiger partial charge in [-0.15, -0.1) is 10.2 Å².